The molecule has 1 saturated heterocycles. The lowest BCUT2D eigenvalue weighted by Crippen LogP contribution is -2.39. The molecular formula is C15H26N4. The number of piperidine rings is 1. The van der Waals surface area contributed by atoms with Gasteiger partial charge in [0.15, 0.2) is 0 Å². The molecule has 106 valence electrons. The molecule has 3 rings (SSSR count). The molecule has 2 fully saturated rings. The molecule has 0 bridgehead atoms. The lowest BCUT2D eigenvalue weighted by molar-refractivity contribution is 0.288. The van der Waals surface area contributed by atoms with Crippen molar-refractivity contribution >= 4 is 0 Å². The van der Waals surface area contributed by atoms with E-state index >= 15 is 0 Å². The second kappa shape index (κ2) is 5.25. The fourth-order valence-electron chi connectivity index (χ4n) is 3.20. The highest BCUT2D eigenvalue weighted by molar-refractivity contribution is 5.15. The molecule has 0 spiro atoms. The minimum Gasteiger partial charge on any atom is -0.333 e. The quantitative estimate of drug-likeness (QED) is 0.875. The number of imidazole rings is 1. The molecule has 0 aromatic carbocycles. The Morgan fingerprint density at radius 3 is 2.84 bits per heavy atom. The molecular weight excluding hydrogens is 236 g/mol. The van der Waals surface area contributed by atoms with Crippen molar-refractivity contribution in [1.29, 1.82) is 0 Å². The van der Waals surface area contributed by atoms with Crippen LogP contribution < -0.4 is 5.32 Å². The molecule has 1 aromatic heterocycles. The minimum atomic E-state index is 0.305. The molecule has 1 aliphatic carbocycles. The second-order valence-corrected chi connectivity index (χ2v) is 6.49. The van der Waals surface area contributed by atoms with Crippen LogP contribution >= 0.6 is 0 Å². The first-order valence-corrected chi connectivity index (χ1v) is 7.61. The van der Waals surface area contributed by atoms with Gasteiger partial charge in [-0.15, -0.1) is 0 Å². The van der Waals surface area contributed by atoms with Crippen LogP contribution in [0, 0.1) is 0 Å². The molecule has 1 aromatic rings. The van der Waals surface area contributed by atoms with Gasteiger partial charge in [-0.25, -0.2) is 4.98 Å². The van der Waals surface area contributed by atoms with Gasteiger partial charge in [0.25, 0.3) is 0 Å². The Morgan fingerprint density at radius 2 is 2.16 bits per heavy atom. The number of rotatable bonds is 5. The third-order valence-electron chi connectivity index (χ3n) is 4.90. The van der Waals surface area contributed by atoms with Gasteiger partial charge in [0.2, 0.25) is 0 Å². The zero-order valence-corrected chi connectivity index (χ0v) is 12.2. The molecule has 0 unspecified atom stereocenters. The summed E-state index contributed by atoms with van der Waals surface area (Å²) in [5.41, 5.74) is 1.73. The summed E-state index contributed by atoms with van der Waals surface area (Å²) in [6.45, 7) is 6.87. The summed E-state index contributed by atoms with van der Waals surface area (Å²) in [5, 5.41) is 3.46. The lowest BCUT2D eigenvalue weighted by atomic mass is 9.78. The van der Waals surface area contributed by atoms with Crippen molar-refractivity contribution in [3.63, 3.8) is 0 Å². The molecule has 0 atom stereocenters. The highest BCUT2D eigenvalue weighted by Crippen LogP contribution is 2.32. The van der Waals surface area contributed by atoms with Gasteiger partial charge in [0.1, 0.15) is 0 Å². The van der Waals surface area contributed by atoms with Crippen LogP contribution in [0.25, 0.3) is 0 Å². The Morgan fingerprint density at radius 1 is 1.42 bits per heavy atom. The van der Waals surface area contributed by atoms with E-state index in [0.717, 1.165) is 32.2 Å². The average molecular weight is 262 g/mol. The number of likely N-dealkylation sites (N-methyl/N-ethyl adjacent to an activating group) is 1. The molecule has 0 amide bonds. The number of nitrogens with one attached hydrogen (secondary N) is 1. The SMILES string of the molecule is CN(CCn1cncc1C1(C)CCNCC1)C1CC1. The van der Waals surface area contributed by atoms with E-state index in [9.17, 15) is 0 Å². The summed E-state index contributed by atoms with van der Waals surface area (Å²) in [5.74, 6) is 0. The fourth-order valence-corrected chi connectivity index (χ4v) is 3.20. The van der Waals surface area contributed by atoms with Gasteiger partial charge in [-0.3, -0.25) is 0 Å². The van der Waals surface area contributed by atoms with Gasteiger partial charge in [-0.1, -0.05) is 6.92 Å². The third kappa shape index (κ3) is 2.84. The topological polar surface area (TPSA) is 33.1 Å². The van der Waals surface area contributed by atoms with E-state index in [2.05, 4.69) is 39.9 Å². The van der Waals surface area contributed by atoms with Crippen molar-refractivity contribution < 1.29 is 0 Å². The molecule has 1 aliphatic heterocycles. The maximum atomic E-state index is 4.40. The van der Waals surface area contributed by atoms with Crippen LogP contribution in [-0.4, -0.2) is 47.2 Å². The first-order valence-electron chi connectivity index (χ1n) is 7.61. The monoisotopic (exact) mass is 262 g/mol. The van der Waals surface area contributed by atoms with Crippen molar-refractivity contribution in [2.24, 2.45) is 0 Å². The highest BCUT2D eigenvalue weighted by Gasteiger charge is 2.32. The highest BCUT2D eigenvalue weighted by atomic mass is 15.2. The van der Waals surface area contributed by atoms with Crippen LogP contribution in [0.2, 0.25) is 0 Å². The van der Waals surface area contributed by atoms with Gasteiger partial charge >= 0.3 is 0 Å². The van der Waals surface area contributed by atoms with E-state index in [-0.39, 0.29) is 0 Å². The van der Waals surface area contributed by atoms with Crippen molar-refractivity contribution in [3.8, 4) is 0 Å². The molecule has 4 nitrogen and oxygen atoms in total. The summed E-state index contributed by atoms with van der Waals surface area (Å²) >= 11 is 0. The Bertz CT molecular complexity index is 416. The molecule has 1 N–H and O–H groups in total. The smallest absolute Gasteiger partial charge is 0.0948 e. The first kappa shape index (κ1) is 13.1. The Labute approximate surface area is 116 Å². The number of aromatic nitrogens is 2. The molecule has 4 heteroatoms. The largest absolute Gasteiger partial charge is 0.333 e. The zero-order valence-electron chi connectivity index (χ0n) is 12.2. The summed E-state index contributed by atoms with van der Waals surface area (Å²) < 4.78 is 2.38. The fraction of sp³-hybridized carbons (Fsp3) is 0.800. The summed E-state index contributed by atoms with van der Waals surface area (Å²) in [6, 6.07) is 0.849. The Balaban J connectivity index is 1.66. The molecule has 19 heavy (non-hydrogen) atoms. The van der Waals surface area contributed by atoms with Crippen molar-refractivity contribution in [3.05, 3.63) is 18.2 Å². The van der Waals surface area contributed by atoms with Crippen molar-refractivity contribution in [2.45, 2.75) is 50.6 Å². The van der Waals surface area contributed by atoms with E-state index in [1.165, 1.54) is 31.4 Å². The average Bonchev–Trinajstić information content (AvgIpc) is 3.15. The van der Waals surface area contributed by atoms with Crippen LogP contribution in [0.5, 0.6) is 0 Å². The minimum absolute atomic E-state index is 0.305. The summed E-state index contributed by atoms with van der Waals surface area (Å²) in [7, 11) is 2.25. The van der Waals surface area contributed by atoms with Crippen molar-refractivity contribution in [2.75, 3.05) is 26.7 Å². The van der Waals surface area contributed by atoms with Gasteiger partial charge in [0, 0.05) is 36.4 Å². The van der Waals surface area contributed by atoms with E-state index in [1.54, 1.807) is 0 Å². The van der Waals surface area contributed by atoms with E-state index < -0.39 is 0 Å². The summed E-state index contributed by atoms with van der Waals surface area (Å²) in [4.78, 5) is 6.90. The standard InChI is InChI=1S/C15H26N4/c1-15(5-7-16-8-6-15)14-11-17-12-19(14)10-9-18(2)13-3-4-13/h11-13,16H,3-10H2,1-2H3. The third-order valence-corrected chi connectivity index (χ3v) is 4.90. The van der Waals surface area contributed by atoms with Crippen LogP contribution in [0.4, 0.5) is 0 Å². The predicted molar refractivity (Wildman–Crippen MR) is 77.3 cm³/mol. The molecule has 0 radical (unpaired) electrons. The molecule has 1 saturated carbocycles. The first-order chi connectivity index (χ1) is 9.19. The van der Waals surface area contributed by atoms with Gasteiger partial charge < -0.3 is 14.8 Å². The van der Waals surface area contributed by atoms with E-state index in [4.69, 9.17) is 0 Å². The van der Waals surface area contributed by atoms with Crippen LogP contribution in [-0.2, 0) is 12.0 Å². The maximum Gasteiger partial charge on any atom is 0.0948 e. The molecule has 2 heterocycles. The number of hydrogen-bond donors (Lipinski definition) is 1. The van der Waals surface area contributed by atoms with Gasteiger partial charge in [0.05, 0.1) is 6.33 Å². The van der Waals surface area contributed by atoms with Crippen LogP contribution in [0.3, 0.4) is 0 Å². The van der Waals surface area contributed by atoms with Crippen LogP contribution in [0.15, 0.2) is 12.5 Å². The second-order valence-electron chi connectivity index (χ2n) is 6.49. The van der Waals surface area contributed by atoms with Crippen molar-refractivity contribution in [1.82, 2.24) is 19.8 Å². The van der Waals surface area contributed by atoms with Crippen LogP contribution in [0.1, 0.15) is 38.3 Å². The van der Waals surface area contributed by atoms with Gasteiger partial charge in [-0.05, 0) is 45.8 Å². The Kier molecular flexibility index (Phi) is 3.63. The van der Waals surface area contributed by atoms with E-state index in [0.29, 0.717) is 5.41 Å². The lowest BCUT2D eigenvalue weighted by Gasteiger charge is -2.35. The maximum absolute atomic E-state index is 4.40. The normalized spacial score (nSPS) is 22.9. The molecule has 2 aliphatic rings. The summed E-state index contributed by atoms with van der Waals surface area (Å²) in [6.07, 6.45) is 9.31. The number of hydrogen-bond acceptors (Lipinski definition) is 3. The number of nitrogens with zero attached hydrogens (tertiary/aromatic N) is 3. The Hall–Kier alpha value is -0.870. The van der Waals surface area contributed by atoms with Gasteiger partial charge in [-0.2, -0.15) is 0 Å². The predicted octanol–water partition coefficient (Wildman–Crippen LogP) is 1.62. The zero-order chi connectivity index (χ0) is 13.3. The van der Waals surface area contributed by atoms with E-state index in [1.807, 2.05) is 6.33 Å².